The summed E-state index contributed by atoms with van der Waals surface area (Å²) in [5, 5.41) is 0.729. The summed E-state index contributed by atoms with van der Waals surface area (Å²) < 4.78 is 5.22. The third-order valence-corrected chi connectivity index (χ3v) is 5.70. The Morgan fingerprint density at radius 2 is 1.75 bits per heavy atom. The highest BCUT2D eigenvalue weighted by atomic mass is 35.5. The molecule has 4 rings (SSSR count). The van der Waals surface area contributed by atoms with Crippen LogP contribution in [-0.4, -0.2) is 56.0 Å². The van der Waals surface area contributed by atoms with Gasteiger partial charge in [0.05, 0.1) is 36.0 Å². The number of ether oxygens (including phenoxy) is 1. The zero-order valence-electron chi connectivity index (χ0n) is 15.7. The number of imide groups is 1. The largest absolute Gasteiger partial charge is 0.497 e. The van der Waals surface area contributed by atoms with Crippen LogP contribution in [0.5, 0.6) is 5.75 Å². The lowest BCUT2D eigenvalue weighted by Crippen LogP contribution is -2.52. The number of piperazine rings is 1. The molecule has 0 bridgehead atoms. The molecule has 0 unspecified atom stereocenters. The Hall–Kier alpha value is -2.57. The topological polar surface area (TPSA) is 53.1 Å². The quantitative estimate of drug-likeness (QED) is 0.740. The molecule has 0 aromatic heterocycles. The van der Waals surface area contributed by atoms with E-state index in [9.17, 15) is 9.59 Å². The first-order chi connectivity index (χ1) is 13.6. The molecule has 28 heavy (non-hydrogen) atoms. The van der Waals surface area contributed by atoms with E-state index in [4.69, 9.17) is 16.3 Å². The number of nitrogens with zero attached hydrogens (tertiary/aromatic N) is 3. The van der Waals surface area contributed by atoms with Crippen molar-refractivity contribution in [3.63, 3.8) is 0 Å². The van der Waals surface area contributed by atoms with Gasteiger partial charge in [0.1, 0.15) is 5.75 Å². The van der Waals surface area contributed by atoms with Crippen molar-refractivity contribution < 1.29 is 14.3 Å². The molecular formula is C21H22ClN3O3. The number of carbonyl (C=O) groups excluding carboxylic acids is 2. The highest BCUT2D eigenvalue weighted by Crippen LogP contribution is 2.30. The molecule has 1 atom stereocenters. The molecule has 2 aromatic carbocycles. The number of halogens is 1. The SMILES string of the molecule is COc1cccc(N2C(=O)C[C@H](N3CCN(c4ccccc4Cl)CC3)C2=O)c1. The van der Waals surface area contributed by atoms with Crippen LogP contribution in [0.4, 0.5) is 11.4 Å². The van der Waals surface area contributed by atoms with Gasteiger partial charge in [-0.2, -0.15) is 0 Å². The van der Waals surface area contributed by atoms with Crippen LogP contribution in [0.1, 0.15) is 6.42 Å². The highest BCUT2D eigenvalue weighted by molar-refractivity contribution is 6.33. The Balaban J connectivity index is 1.45. The van der Waals surface area contributed by atoms with Gasteiger partial charge in [-0.25, -0.2) is 4.90 Å². The summed E-state index contributed by atoms with van der Waals surface area (Å²) in [6.07, 6.45) is 0.210. The van der Waals surface area contributed by atoms with Crippen LogP contribution in [0, 0.1) is 0 Å². The maximum atomic E-state index is 13.0. The lowest BCUT2D eigenvalue weighted by molar-refractivity contribution is -0.123. The predicted octanol–water partition coefficient (Wildman–Crippen LogP) is 2.80. The zero-order chi connectivity index (χ0) is 19.7. The average molecular weight is 400 g/mol. The normalized spacial score (nSPS) is 20.7. The Kier molecular flexibility index (Phi) is 5.24. The maximum absolute atomic E-state index is 13.0. The number of carbonyl (C=O) groups is 2. The standard InChI is InChI=1S/C21H22ClN3O3/c1-28-16-6-4-5-15(13-16)25-20(26)14-19(21(25)27)24-11-9-23(10-12-24)18-8-3-2-7-17(18)22/h2-8,13,19H,9-12,14H2,1H3/t19-/m0/s1. The van der Waals surface area contributed by atoms with Gasteiger partial charge in [-0.15, -0.1) is 0 Å². The zero-order valence-corrected chi connectivity index (χ0v) is 16.4. The Morgan fingerprint density at radius 1 is 1.00 bits per heavy atom. The van der Waals surface area contributed by atoms with Crippen molar-refractivity contribution in [2.45, 2.75) is 12.5 Å². The van der Waals surface area contributed by atoms with E-state index in [1.54, 1.807) is 31.4 Å². The molecule has 2 aliphatic rings. The van der Waals surface area contributed by atoms with Crippen LogP contribution < -0.4 is 14.5 Å². The van der Waals surface area contributed by atoms with E-state index >= 15 is 0 Å². The Labute approximate surface area is 169 Å². The molecule has 6 nitrogen and oxygen atoms in total. The highest BCUT2D eigenvalue weighted by Gasteiger charge is 2.43. The van der Waals surface area contributed by atoms with Crippen molar-refractivity contribution >= 4 is 34.8 Å². The van der Waals surface area contributed by atoms with Crippen molar-refractivity contribution in [2.24, 2.45) is 0 Å². The number of amides is 2. The molecule has 0 radical (unpaired) electrons. The van der Waals surface area contributed by atoms with E-state index in [2.05, 4.69) is 9.80 Å². The molecule has 7 heteroatoms. The number of para-hydroxylation sites is 1. The fourth-order valence-corrected chi connectivity index (χ4v) is 4.16. The molecule has 0 N–H and O–H groups in total. The minimum absolute atomic E-state index is 0.163. The third kappa shape index (κ3) is 3.45. The number of hydrogen-bond donors (Lipinski definition) is 0. The van der Waals surface area contributed by atoms with Gasteiger partial charge in [0.25, 0.3) is 5.91 Å². The minimum atomic E-state index is -0.410. The molecule has 2 aromatic rings. The fourth-order valence-electron chi connectivity index (χ4n) is 3.90. The van der Waals surface area contributed by atoms with E-state index in [0.29, 0.717) is 24.5 Å². The van der Waals surface area contributed by atoms with Crippen LogP contribution in [0.25, 0.3) is 0 Å². The van der Waals surface area contributed by atoms with Crippen LogP contribution >= 0.6 is 11.6 Å². The molecule has 146 valence electrons. The minimum Gasteiger partial charge on any atom is -0.497 e. The molecule has 0 aliphatic carbocycles. The van der Waals surface area contributed by atoms with Crippen molar-refractivity contribution in [3.05, 3.63) is 53.6 Å². The Bertz CT molecular complexity index is 896. The van der Waals surface area contributed by atoms with Crippen LogP contribution in [0.2, 0.25) is 5.02 Å². The first-order valence-electron chi connectivity index (χ1n) is 9.33. The van der Waals surface area contributed by atoms with Gasteiger partial charge in [-0.3, -0.25) is 14.5 Å². The van der Waals surface area contributed by atoms with Gasteiger partial charge in [0, 0.05) is 32.2 Å². The van der Waals surface area contributed by atoms with Gasteiger partial charge < -0.3 is 9.64 Å². The summed E-state index contributed by atoms with van der Waals surface area (Å²) in [4.78, 5) is 31.2. The predicted molar refractivity (Wildman–Crippen MR) is 109 cm³/mol. The molecule has 0 saturated carbocycles. The summed E-state index contributed by atoms with van der Waals surface area (Å²) in [5.74, 6) is 0.288. The van der Waals surface area contributed by atoms with E-state index < -0.39 is 6.04 Å². The fraction of sp³-hybridized carbons (Fsp3) is 0.333. The molecule has 0 spiro atoms. The average Bonchev–Trinajstić information content (AvgIpc) is 3.02. The molecule has 2 amide bonds. The number of hydrogen-bond acceptors (Lipinski definition) is 5. The summed E-state index contributed by atoms with van der Waals surface area (Å²) >= 11 is 6.30. The van der Waals surface area contributed by atoms with Crippen LogP contribution in [-0.2, 0) is 9.59 Å². The van der Waals surface area contributed by atoms with Gasteiger partial charge in [0.2, 0.25) is 5.91 Å². The second kappa shape index (κ2) is 7.81. The van der Waals surface area contributed by atoms with E-state index in [-0.39, 0.29) is 18.2 Å². The van der Waals surface area contributed by atoms with Gasteiger partial charge >= 0.3 is 0 Å². The van der Waals surface area contributed by atoms with Crippen molar-refractivity contribution in [1.82, 2.24) is 4.90 Å². The van der Waals surface area contributed by atoms with E-state index in [0.717, 1.165) is 23.8 Å². The van der Waals surface area contributed by atoms with Crippen LogP contribution in [0.15, 0.2) is 48.5 Å². The smallest absolute Gasteiger partial charge is 0.251 e. The van der Waals surface area contributed by atoms with E-state index in [1.807, 2.05) is 24.3 Å². The number of methoxy groups -OCH3 is 1. The van der Waals surface area contributed by atoms with Crippen LogP contribution in [0.3, 0.4) is 0 Å². The maximum Gasteiger partial charge on any atom is 0.251 e. The summed E-state index contributed by atoms with van der Waals surface area (Å²) in [5.41, 5.74) is 1.57. The third-order valence-electron chi connectivity index (χ3n) is 5.38. The summed E-state index contributed by atoms with van der Waals surface area (Å²) in [6.45, 7) is 2.95. The number of rotatable bonds is 4. The molecule has 2 aliphatic heterocycles. The number of benzene rings is 2. The van der Waals surface area contributed by atoms with Crippen molar-refractivity contribution in [2.75, 3.05) is 43.1 Å². The second-order valence-corrected chi connectivity index (χ2v) is 7.37. The van der Waals surface area contributed by atoms with Gasteiger partial charge in [0.15, 0.2) is 0 Å². The van der Waals surface area contributed by atoms with Crippen molar-refractivity contribution in [3.8, 4) is 5.75 Å². The molecule has 2 heterocycles. The monoisotopic (exact) mass is 399 g/mol. The summed E-state index contributed by atoms with van der Waals surface area (Å²) in [6, 6.07) is 14.4. The molecule has 2 fully saturated rings. The molecule has 2 saturated heterocycles. The first-order valence-corrected chi connectivity index (χ1v) is 9.70. The lowest BCUT2D eigenvalue weighted by atomic mass is 10.1. The Morgan fingerprint density at radius 3 is 2.46 bits per heavy atom. The van der Waals surface area contributed by atoms with E-state index in [1.165, 1.54) is 4.90 Å². The van der Waals surface area contributed by atoms with Gasteiger partial charge in [-0.05, 0) is 24.3 Å². The van der Waals surface area contributed by atoms with Gasteiger partial charge in [-0.1, -0.05) is 29.8 Å². The van der Waals surface area contributed by atoms with Crippen molar-refractivity contribution in [1.29, 1.82) is 0 Å². The molecular weight excluding hydrogens is 378 g/mol. The summed E-state index contributed by atoms with van der Waals surface area (Å²) in [7, 11) is 1.56. The number of anilines is 2. The second-order valence-electron chi connectivity index (χ2n) is 6.96. The lowest BCUT2D eigenvalue weighted by Gasteiger charge is -2.38. The first kappa shape index (κ1) is 18.8.